The van der Waals surface area contributed by atoms with Crippen molar-refractivity contribution in [3.63, 3.8) is 0 Å². The molecule has 0 aliphatic rings. The number of aromatic nitrogens is 2. The van der Waals surface area contributed by atoms with E-state index in [9.17, 15) is 0 Å². The number of fused-ring (bicyclic) bond motifs is 4. The summed E-state index contributed by atoms with van der Waals surface area (Å²) in [5.41, 5.74) is 3.06. The van der Waals surface area contributed by atoms with Crippen LogP contribution in [0.3, 0.4) is 0 Å². The quantitative estimate of drug-likeness (QED) is 0.359. The second-order valence-corrected chi connectivity index (χ2v) is 6.37. The summed E-state index contributed by atoms with van der Waals surface area (Å²) >= 11 is 0. The van der Waals surface area contributed by atoms with Crippen molar-refractivity contribution in [3.05, 3.63) is 84.6 Å². The fraction of sp³-hybridized carbons (Fsp3) is 0.0435. The van der Waals surface area contributed by atoms with Crippen LogP contribution in [0.5, 0.6) is 0 Å². The summed E-state index contributed by atoms with van der Waals surface area (Å²) in [5, 5.41) is 6.13. The van der Waals surface area contributed by atoms with Crippen molar-refractivity contribution in [1.29, 1.82) is 0 Å². The van der Waals surface area contributed by atoms with Gasteiger partial charge in [0.25, 0.3) is 0 Å². The highest BCUT2D eigenvalue weighted by Crippen LogP contribution is 2.29. The molecule has 5 rings (SSSR count). The summed E-state index contributed by atoms with van der Waals surface area (Å²) < 4.78 is 0. The van der Waals surface area contributed by atoms with Gasteiger partial charge in [0.1, 0.15) is 0 Å². The van der Waals surface area contributed by atoms with Gasteiger partial charge in [-0.2, -0.15) is 0 Å². The van der Waals surface area contributed by atoms with Crippen molar-refractivity contribution >= 4 is 32.4 Å². The van der Waals surface area contributed by atoms with E-state index >= 15 is 0 Å². The monoisotopic (exact) mass is 320 g/mol. The molecular weight excluding hydrogens is 304 g/mol. The molecule has 0 saturated carbocycles. The first-order valence-corrected chi connectivity index (χ1v) is 8.45. The Bertz CT molecular complexity index is 1260. The maximum Gasteiger partial charge on any atom is 0.160 e. The molecule has 2 nitrogen and oxygen atoms in total. The zero-order valence-corrected chi connectivity index (χ0v) is 13.9. The lowest BCUT2D eigenvalue weighted by Gasteiger charge is -2.08. The van der Waals surface area contributed by atoms with Crippen LogP contribution in [0.15, 0.2) is 78.9 Å². The molecule has 0 spiro atoms. The molecule has 0 unspecified atom stereocenters. The second-order valence-electron chi connectivity index (χ2n) is 6.37. The summed E-state index contributed by atoms with van der Waals surface area (Å²) in [6, 6.07) is 27.5. The first-order chi connectivity index (χ1) is 12.3. The highest BCUT2D eigenvalue weighted by atomic mass is 14.9. The molecule has 2 heteroatoms. The van der Waals surface area contributed by atoms with Crippen LogP contribution in [0.4, 0.5) is 0 Å². The smallest absolute Gasteiger partial charge is 0.160 e. The molecule has 0 amide bonds. The summed E-state index contributed by atoms with van der Waals surface area (Å²) in [6.07, 6.45) is 0. The Kier molecular flexibility index (Phi) is 3.04. The minimum atomic E-state index is 0.784. The predicted octanol–water partition coefficient (Wildman–Crippen LogP) is 5.91. The molecule has 0 aliphatic heterocycles. The Morgan fingerprint density at radius 1 is 0.600 bits per heavy atom. The van der Waals surface area contributed by atoms with Gasteiger partial charge in [-0.1, -0.05) is 66.7 Å². The minimum Gasteiger partial charge on any atom is -0.233 e. The van der Waals surface area contributed by atoms with Gasteiger partial charge in [-0.05, 0) is 40.6 Å². The van der Waals surface area contributed by atoms with Crippen LogP contribution >= 0.6 is 0 Å². The first-order valence-electron chi connectivity index (χ1n) is 8.45. The van der Waals surface area contributed by atoms with Gasteiger partial charge in [-0.3, -0.25) is 0 Å². The van der Waals surface area contributed by atoms with Crippen molar-refractivity contribution in [2.75, 3.05) is 0 Å². The van der Waals surface area contributed by atoms with Crippen molar-refractivity contribution < 1.29 is 0 Å². The first kappa shape index (κ1) is 14.1. The molecule has 0 N–H and O–H groups in total. The van der Waals surface area contributed by atoms with Crippen molar-refractivity contribution in [2.45, 2.75) is 6.92 Å². The Morgan fingerprint density at radius 2 is 1.32 bits per heavy atom. The van der Waals surface area contributed by atoms with Crippen LogP contribution in [-0.4, -0.2) is 9.97 Å². The second kappa shape index (κ2) is 5.38. The molecule has 0 aliphatic carbocycles. The lowest BCUT2D eigenvalue weighted by molar-refractivity contribution is 1.16. The van der Waals surface area contributed by atoms with E-state index in [2.05, 4.69) is 60.7 Å². The van der Waals surface area contributed by atoms with Gasteiger partial charge in [0.15, 0.2) is 5.82 Å². The number of aryl methyl sites for hydroxylation is 1. The third-order valence-electron chi connectivity index (χ3n) is 4.80. The largest absolute Gasteiger partial charge is 0.233 e. The Labute approximate surface area is 145 Å². The fourth-order valence-electron chi connectivity index (χ4n) is 3.52. The number of benzene rings is 4. The minimum absolute atomic E-state index is 0.784. The molecular formula is C23H16N2. The summed E-state index contributed by atoms with van der Waals surface area (Å²) in [5.74, 6) is 0.784. The van der Waals surface area contributed by atoms with E-state index in [1.165, 1.54) is 21.5 Å². The van der Waals surface area contributed by atoms with E-state index in [1.807, 2.05) is 25.1 Å². The van der Waals surface area contributed by atoms with Gasteiger partial charge in [0, 0.05) is 16.6 Å². The summed E-state index contributed by atoms with van der Waals surface area (Å²) in [6.45, 7) is 2.04. The molecule has 0 radical (unpaired) electrons. The average Bonchev–Trinajstić information content (AvgIpc) is 2.67. The van der Waals surface area contributed by atoms with Gasteiger partial charge in [-0.15, -0.1) is 0 Å². The fourth-order valence-corrected chi connectivity index (χ4v) is 3.52. The van der Waals surface area contributed by atoms with E-state index in [4.69, 9.17) is 9.97 Å². The average molecular weight is 320 g/mol. The number of hydrogen-bond acceptors (Lipinski definition) is 2. The lowest BCUT2D eigenvalue weighted by atomic mass is 10.00. The van der Waals surface area contributed by atoms with E-state index in [0.717, 1.165) is 28.0 Å². The summed E-state index contributed by atoms with van der Waals surface area (Å²) in [7, 11) is 0. The molecule has 5 aromatic rings. The number of para-hydroxylation sites is 1. The molecule has 0 bridgehead atoms. The lowest BCUT2D eigenvalue weighted by Crippen LogP contribution is -1.94. The van der Waals surface area contributed by atoms with Crippen LogP contribution in [0.2, 0.25) is 0 Å². The highest BCUT2D eigenvalue weighted by Gasteiger charge is 2.08. The number of nitrogens with zero attached hydrogens (tertiary/aromatic N) is 2. The van der Waals surface area contributed by atoms with Crippen molar-refractivity contribution in [2.24, 2.45) is 0 Å². The third kappa shape index (κ3) is 2.26. The third-order valence-corrected chi connectivity index (χ3v) is 4.80. The maximum atomic E-state index is 4.76. The standard InChI is InChI=1S/C23H16N2/c1-15-19-7-4-5-9-22(19)25-23(24-15)18-12-13-21-17(14-18)11-10-16-6-2-3-8-20(16)21/h2-14H,1H3. The highest BCUT2D eigenvalue weighted by molar-refractivity contribution is 6.08. The van der Waals surface area contributed by atoms with Gasteiger partial charge in [0.2, 0.25) is 0 Å². The van der Waals surface area contributed by atoms with Gasteiger partial charge in [-0.25, -0.2) is 9.97 Å². The van der Waals surface area contributed by atoms with Crippen LogP contribution in [0.25, 0.3) is 43.8 Å². The number of rotatable bonds is 1. The topological polar surface area (TPSA) is 25.8 Å². The maximum absolute atomic E-state index is 4.76. The summed E-state index contributed by atoms with van der Waals surface area (Å²) in [4.78, 5) is 9.49. The molecule has 1 heterocycles. The molecule has 0 saturated heterocycles. The normalized spacial score (nSPS) is 11.4. The van der Waals surface area contributed by atoms with E-state index in [-0.39, 0.29) is 0 Å². The number of hydrogen-bond donors (Lipinski definition) is 0. The van der Waals surface area contributed by atoms with Gasteiger partial charge >= 0.3 is 0 Å². The Morgan fingerprint density at radius 3 is 2.24 bits per heavy atom. The molecule has 4 aromatic carbocycles. The van der Waals surface area contributed by atoms with Crippen LogP contribution in [0, 0.1) is 6.92 Å². The zero-order chi connectivity index (χ0) is 16.8. The van der Waals surface area contributed by atoms with Crippen molar-refractivity contribution in [3.8, 4) is 11.4 Å². The van der Waals surface area contributed by atoms with Crippen LogP contribution < -0.4 is 0 Å². The Hall–Kier alpha value is -3.26. The van der Waals surface area contributed by atoms with E-state index < -0.39 is 0 Å². The molecule has 0 atom stereocenters. The zero-order valence-electron chi connectivity index (χ0n) is 13.9. The molecule has 1 aromatic heterocycles. The van der Waals surface area contributed by atoms with Gasteiger partial charge < -0.3 is 0 Å². The van der Waals surface area contributed by atoms with Crippen molar-refractivity contribution in [1.82, 2.24) is 9.97 Å². The van der Waals surface area contributed by atoms with Crippen LogP contribution in [-0.2, 0) is 0 Å². The van der Waals surface area contributed by atoms with E-state index in [1.54, 1.807) is 0 Å². The van der Waals surface area contributed by atoms with E-state index in [0.29, 0.717) is 0 Å². The predicted molar refractivity (Wildman–Crippen MR) is 105 cm³/mol. The molecule has 25 heavy (non-hydrogen) atoms. The SMILES string of the molecule is Cc1nc(-c2ccc3c(ccc4ccccc43)c2)nc2ccccc12. The molecule has 0 fully saturated rings. The Balaban J connectivity index is 1.74. The van der Waals surface area contributed by atoms with Crippen LogP contribution in [0.1, 0.15) is 5.69 Å². The van der Waals surface area contributed by atoms with Gasteiger partial charge in [0.05, 0.1) is 5.52 Å². The molecule has 118 valence electrons.